The second-order valence-electron chi connectivity index (χ2n) is 8.40. The fourth-order valence-corrected chi connectivity index (χ4v) is 5.14. The molecule has 3 fully saturated rings. The molecule has 4 amide bonds. The summed E-state index contributed by atoms with van der Waals surface area (Å²) in [5.74, 6) is -0.732. The molecule has 0 saturated carbocycles. The molecule has 0 spiro atoms. The summed E-state index contributed by atoms with van der Waals surface area (Å²) >= 11 is 6.08. The summed E-state index contributed by atoms with van der Waals surface area (Å²) in [5.41, 5.74) is -1.53. The average Bonchev–Trinajstić information content (AvgIpc) is 3.48. The number of carbonyl (C=O) groups excluding carboxylic acids is 3. The number of anilines is 1. The first-order chi connectivity index (χ1) is 16.6. The standard InChI is InChI=1S/C23H16ClF3N4O4/c24-17-4-2-1-3-13(17)11-35-22(34)29-10-15-8-18(29)19-20(32)31(21(33)30(15)19)14-6-5-12(9-28)16(7-14)23(25,26)27/h1-7,15,18-19H,8,10-11H2/t15-,18?,19?/m1/s1. The fourth-order valence-electron chi connectivity index (χ4n) is 4.95. The predicted octanol–water partition coefficient (Wildman–Crippen LogP) is 4.16. The molecule has 35 heavy (non-hydrogen) atoms. The maximum absolute atomic E-state index is 13.4. The molecule has 2 bridgehead atoms. The van der Waals surface area contributed by atoms with Gasteiger partial charge in [0.1, 0.15) is 12.6 Å². The van der Waals surface area contributed by atoms with Crippen molar-refractivity contribution in [3.05, 3.63) is 64.2 Å². The van der Waals surface area contributed by atoms with E-state index in [1.54, 1.807) is 24.3 Å². The molecule has 3 aliphatic rings. The highest BCUT2D eigenvalue weighted by molar-refractivity contribution is 6.31. The van der Waals surface area contributed by atoms with Crippen LogP contribution in [-0.2, 0) is 22.3 Å². The van der Waals surface area contributed by atoms with E-state index < -0.39 is 53.5 Å². The number of alkyl halides is 3. The third-order valence-electron chi connectivity index (χ3n) is 6.50. The number of ether oxygens (including phenoxy) is 1. The SMILES string of the molecule is N#Cc1ccc(N2C(=O)C3C4C[C@H](CN4C(=O)OCc4ccccc4Cl)N3C2=O)cc1C(F)(F)F. The number of imide groups is 1. The third kappa shape index (κ3) is 3.65. The number of benzene rings is 2. The lowest BCUT2D eigenvalue weighted by atomic mass is 10.1. The molecule has 2 unspecified atom stereocenters. The quantitative estimate of drug-likeness (QED) is 0.585. The summed E-state index contributed by atoms with van der Waals surface area (Å²) in [5, 5.41) is 9.43. The van der Waals surface area contributed by atoms with Crippen LogP contribution in [0.25, 0.3) is 0 Å². The molecule has 180 valence electrons. The van der Waals surface area contributed by atoms with Gasteiger partial charge in [0.25, 0.3) is 5.91 Å². The van der Waals surface area contributed by atoms with E-state index in [-0.39, 0.29) is 18.8 Å². The van der Waals surface area contributed by atoms with E-state index in [0.717, 1.165) is 12.1 Å². The molecule has 0 radical (unpaired) electrons. The van der Waals surface area contributed by atoms with Crippen molar-refractivity contribution in [2.75, 3.05) is 11.4 Å². The molecule has 3 aliphatic heterocycles. The zero-order valence-electron chi connectivity index (χ0n) is 17.8. The van der Waals surface area contributed by atoms with Gasteiger partial charge in [-0.2, -0.15) is 18.4 Å². The Morgan fingerprint density at radius 3 is 2.63 bits per heavy atom. The number of hydrogen-bond donors (Lipinski definition) is 0. The first-order valence-corrected chi connectivity index (χ1v) is 10.9. The summed E-state index contributed by atoms with van der Waals surface area (Å²) in [4.78, 5) is 42.4. The number of fused-ring (bicyclic) bond motifs is 5. The van der Waals surface area contributed by atoms with Crippen molar-refractivity contribution in [3.63, 3.8) is 0 Å². The van der Waals surface area contributed by atoms with Crippen LogP contribution in [0.5, 0.6) is 0 Å². The van der Waals surface area contributed by atoms with Gasteiger partial charge < -0.3 is 14.5 Å². The van der Waals surface area contributed by atoms with Crippen LogP contribution in [0, 0.1) is 11.3 Å². The van der Waals surface area contributed by atoms with Crippen molar-refractivity contribution < 1.29 is 32.3 Å². The van der Waals surface area contributed by atoms with Gasteiger partial charge in [0.05, 0.1) is 35.0 Å². The smallest absolute Gasteiger partial charge is 0.417 e. The number of amides is 4. The molecule has 0 N–H and O–H groups in total. The first-order valence-electron chi connectivity index (χ1n) is 10.6. The third-order valence-corrected chi connectivity index (χ3v) is 6.86. The summed E-state index contributed by atoms with van der Waals surface area (Å²) in [6.45, 7) is 0.0573. The Hall–Kier alpha value is -3.78. The van der Waals surface area contributed by atoms with Crippen LogP contribution in [0.1, 0.15) is 23.1 Å². The second kappa shape index (κ2) is 8.16. The number of nitriles is 1. The van der Waals surface area contributed by atoms with Crippen LogP contribution in [0.4, 0.5) is 28.4 Å². The topological polar surface area (TPSA) is 93.9 Å². The Balaban J connectivity index is 1.36. The number of rotatable bonds is 3. The molecule has 0 aliphatic carbocycles. The van der Waals surface area contributed by atoms with Crippen LogP contribution in [-0.4, -0.2) is 52.5 Å². The molecule has 5 rings (SSSR count). The molecular formula is C23H16ClF3N4O4. The molecule has 12 heteroatoms. The van der Waals surface area contributed by atoms with Crippen molar-refractivity contribution in [3.8, 4) is 6.07 Å². The maximum Gasteiger partial charge on any atom is 0.417 e. The van der Waals surface area contributed by atoms with E-state index in [2.05, 4.69) is 0 Å². The second-order valence-corrected chi connectivity index (χ2v) is 8.81. The number of likely N-dealkylation sites (tertiary alicyclic amines) is 1. The lowest BCUT2D eigenvalue weighted by molar-refractivity contribution is -0.137. The first kappa shape index (κ1) is 23.0. The van der Waals surface area contributed by atoms with E-state index in [9.17, 15) is 27.6 Å². The normalized spacial score (nSPS) is 23.1. The van der Waals surface area contributed by atoms with E-state index in [4.69, 9.17) is 21.6 Å². The molecule has 3 atom stereocenters. The van der Waals surface area contributed by atoms with E-state index >= 15 is 0 Å². The predicted molar refractivity (Wildman–Crippen MR) is 115 cm³/mol. The zero-order chi connectivity index (χ0) is 25.1. The molecule has 2 aromatic rings. The number of hydrogen-bond acceptors (Lipinski definition) is 5. The minimum Gasteiger partial charge on any atom is -0.444 e. The van der Waals surface area contributed by atoms with E-state index in [0.29, 0.717) is 28.0 Å². The van der Waals surface area contributed by atoms with Crippen molar-refractivity contribution in [1.82, 2.24) is 9.80 Å². The number of piperazine rings is 1. The van der Waals surface area contributed by atoms with Gasteiger partial charge in [-0.1, -0.05) is 29.8 Å². The van der Waals surface area contributed by atoms with Gasteiger partial charge in [-0.15, -0.1) is 0 Å². The molecule has 2 aromatic carbocycles. The lowest BCUT2D eigenvalue weighted by Gasteiger charge is -2.34. The minimum absolute atomic E-state index is 0.0781. The van der Waals surface area contributed by atoms with Gasteiger partial charge in [0.15, 0.2) is 0 Å². The van der Waals surface area contributed by atoms with Crippen LogP contribution in [0.3, 0.4) is 0 Å². The molecular weight excluding hydrogens is 489 g/mol. The highest BCUT2D eigenvalue weighted by atomic mass is 35.5. The summed E-state index contributed by atoms with van der Waals surface area (Å²) < 4.78 is 45.6. The van der Waals surface area contributed by atoms with Gasteiger partial charge in [-0.05, 0) is 30.7 Å². The fraction of sp³-hybridized carbons (Fsp3) is 0.304. The Kier molecular flexibility index (Phi) is 5.36. The average molecular weight is 505 g/mol. The van der Waals surface area contributed by atoms with Gasteiger partial charge >= 0.3 is 18.3 Å². The van der Waals surface area contributed by atoms with Crippen LogP contribution < -0.4 is 4.90 Å². The van der Waals surface area contributed by atoms with Crippen molar-refractivity contribution in [1.29, 1.82) is 5.26 Å². The van der Waals surface area contributed by atoms with Crippen molar-refractivity contribution in [2.24, 2.45) is 0 Å². The molecule has 0 aromatic heterocycles. The maximum atomic E-state index is 13.4. The van der Waals surface area contributed by atoms with Crippen molar-refractivity contribution >= 4 is 35.3 Å². The number of nitrogens with zero attached hydrogens (tertiary/aromatic N) is 4. The Morgan fingerprint density at radius 1 is 1.20 bits per heavy atom. The Labute approximate surface area is 202 Å². The molecule has 3 saturated heterocycles. The highest BCUT2D eigenvalue weighted by Crippen LogP contribution is 2.43. The largest absolute Gasteiger partial charge is 0.444 e. The van der Waals surface area contributed by atoms with Gasteiger partial charge in [0.2, 0.25) is 0 Å². The van der Waals surface area contributed by atoms with Crippen LogP contribution >= 0.6 is 11.6 Å². The minimum atomic E-state index is -4.84. The van der Waals surface area contributed by atoms with Gasteiger partial charge in [0, 0.05) is 17.1 Å². The number of urea groups is 1. The lowest BCUT2D eigenvalue weighted by Crippen LogP contribution is -2.54. The monoisotopic (exact) mass is 504 g/mol. The summed E-state index contributed by atoms with van der Waals surface area (Å²) in [6.07, 6.45) is -5.16. The number of halogens is 4. The van der Waals surface area contributed by atoms with Gasteiger partial charge in [-0.3, -0.25) is 4.79 Å². The Bertz CT molecular complexity index is 1290. The number of carbonyl (C=O) groups is 3. The van der Waals surface area contributed by atoms with E-state index in [1.165, 1.54) is 15.9 Å². The molecule has 3 heterocycles. The van der Waals surface area contributed by atoms with Crippen LogP contribution in [0.15, 0.2) is 42.5 Å². The van der Waals surface area contributed by atoms with E-state index in [1.807, 2.05) is 0 Å². The van der Waals surface area contributed by atoms with Crippen LogP contribution in [0.2, 0.25) is 5.02 Å². The highest BCUT2D eigenvalue weighted by Gasteiger charge is 2.63. The summed E-state index contributed by atoms with van der Waals surface area (Å²) in [7, 11) is 0. The Morgan fingerprint density at radius 2 is 1.94 bits per heavy atom. The summed E-state index contributed by atoms with van der Waals surface area (Å²) in [6, 6.07) is 8.06. The molecule has 8 nitrogen and oxygen atoms in total. The zero-order valence-corrected chi connectivity index (χ0v) is 18.6. The van der Waals surface area contributed by atoms with Crippen molar-refractivity contribution in [2.45, 2.75) is 37.3 Å². The van der Waals surface area contributed by atoms with Gasteiger partial charge in [-0.25, -0.2) is 14.5 Å².